The van der Waals surface area contributed by atoms with Gasteiger partial charge in [-0.2, -0.15) is 0 Å². The fourth-order valence-electron chi connectivity index (χ4n) is 2.54. The summed E-state index contributed by atoms with van der Waals surface area (Å²) in [7, 11) is -0.767. The van der Waals surface area contributed by atoms with Crippen molar-refractivity contribution in [2.45, 2.75) is 24.2 Å². The van der Waals surface area contributed by atoms with Gasteiger partial charge in [-0.1, -0.05) is 0 Å². The van der Waals surface area contributed by atoms with Crippen LogP contribution in [0.15, 0.2) is 41.3 Å². The van der Waals surface area contributed by atoms with Gasteiger partial charge in [-0.15, -0.1) is 0 Å². The van der Waals surface area contributed by atoms with Gasteiger partial charge < -0.3 is 9.30 Å². The van der Waals surface area contributed by atoms with Gasteiger partial charge in [-0.05, 0) is 36.4 Å². The van der Waals surface area contributed by atoms with Crippen LogP contribution in [-0.4, -0.2) is 38.4 Å². The first-order valence-corrected chi connectivity index (χ1v) is 9.73. The lowest BCUT2D eigenvalue weighted by Crippen LogP contribution is -2.26. The average molecular weight is 396 g/mol. The number of esters is 1. The third-order valence-electron chi connectivity index (χ3n) is 4.09. The molecule has 0 aliphatic carbocycles. The van der Waals surface area contributed by atoms with Gasteiger partial charge in [0.15, 0.2) is 5.78 Å². The third-order valence-corrected chi connectivity index (χ3v) is 5.57. The highest BCUT2D eigenvalue weighted by atomic mass is 32.2. The SMILES string of the molecule is COC(=O)CCC(=O)c1ccc(CCNS(=O)(=O)c2ccc(F)cc2)n1C. The van der Waals surface area contributed by atoms with Gasteiger partial charge >= 0.3 is 5.97 Å². The number of ketones is 1. The van der Waals surface area contributed by atoms with Gasteiger partial charge in [0, 0.05) is 32.1 Å². The van der Waals surface area contributed by atoms with Crippen molar-refractivity contribution in [3.05, 3.63) is 53.6 Å². The molecule has 1 aromatic carbocycles. The van der Waals surface area contributed by atoms with Crippen molar-refractivity contribution in [3.63, 3.8) is 0 Å². The number of methoxy groups -OCH3 is 1. The van der Waals surface area contributed by atoms with Crippen LogP contribution >= 0.6 is 0 Å². The molecule has 0 spiro atoms. The van der Waals surface area contributed by atoms with E-state index in [1.54, 1.807) is 23.7 Å². The first kappa shape index (κ1) is 20.8. The number of Topliss-reactive ketones (excluding diaryl/α,β-unsaturated/α-hetero) is 1. The van der Waals surface area contributed by atoms with E-state index in [0.717, 1.165) is 17.8 Å². The molecule has 0 aliphatic heterocycles. The Bertz CT molecular complexity index is 920. The van der Waals surface area contributed by atoms with E-state index >= 15 is 0 Å². The summed E-state index contributed by atoms with van der Waals surface area (Å²) in [4.78, 5) is 23.3. The molecule has 0 saturated carbocycles. The minimum absolute atomic E-state index is 0.00726. The summed E-state index contributed by atoms with van der Waals surface area (Å²) in [5.74, 6) is -1.16. The van der Waals surface area contributed by atoms with Crippen LogP contribution in [0.1, 0.15) is 29.0 Å². The molecule has 1 heterocycles. The van der Waals surface area contributed by atoms with E-state index in [1.807, 2.05) is 0 Å². The van der Waals surface area contributed by atoms with Gasteiger partial charge in [-0.3, -0.25) is 9.59 Å². The molecular weight excluding hydrogens is 375 g/mol. The van der Waals surface area contributed by atoms with Crippen molar-refractivity contribution < 1.29 is 27.1 Å². The molecule has 1 N–H and O–H groups in total. The molecule has 0 atom stereocenters. The standard InChI is InChI=1S/C18H21FN2O5S/c1-21-14(5-8-16(21)17(22)9-10-18(23)26-2)11-12-20-27(24,25)15-6-3-13(19)4-7-15/h3-8,20H,9-12H2,1-2H3. The van der Waals surface area contributed by atoms with E-state index in [0.29, 0.717) is 12.1 Å². The number of benzene rings is 1. The van der Waals surface area contributed by atoms with Crippen LogP contribution in [0.4, 0.5) is 4.39 Å². The van der Waals surface area contributed by atoms with Crippen molar-refractivity contribution in [1.29, 1.82) is 0 Å². The van der Waals surface area contributed by atoms with Gasteiger partial charge in [-0.25, -0.2) is 17.5 Å². The van der Waals surface area contributed by atoms with E-state index in [4.69, 9.17) is 0 Å². The number of sulfonamides is 1. The van der Waals surface area contributed by atoms with Gasteiger partial charge in [0.05, 0.1) is 24.1 Å². The van der Waals surface area contributed by atoms with Crippen molar-refractivity contribution in [1.82, 2.24) is 9.29 Å². The van der Waals surface area contributed by atoms with Gasteiger partial charge in [0.1, 0.15) is 5.82 Å². The Hall–Kier alpha value is -2.52. The zero-order chi connectivity index (χ0) is 20.0. The number of carbonyl (C=O) groups excluding carboxylic acids is 2. The molecule has 0 amide bonds. The molecule has 0 unspecified atom stereocenters. The van der Waals surface area contributed by atoms with Crippen molar-refractivity contribution in [2.24, 2.45) is 7.05 Å². The lowest BCUT2D eigenvalue weighted by atomic mass is 10.2. The van der Waals surface area contributed by atoms with E-state index in [9.17, 15) is 22.4 Å². The number of rotatable bonds is 9. The first-order valence-electron chi connectivity index (χ1n) is 8.24. The number of hydrogen-bond donors (Lipinski definition) is 1. The summed E-state index contributed by atoms with van der Waals surface area (Å²) in [5.41, 5.74) is 1.20. The number of nitrogens with one attached hydrogen (secondary N) is 1. The second-order valence-electron chi connectivity index (χ2n) is 5.87. The molecule has 0 saturated heterocycles. The van der Waals surface area contributed by atoms with E-state index in [1.165, 1.54) is 19.2 Å². The molecule has 0 aliphatic rings. The molecule has 146 valence electrons. The maximum Gasteiger partial charge on any atom is 0.305 e. The minimum atomic E-state index is -3.73. The largest absolute Gasteiger partial charge is 0.469 e. The molecule has 1 aromatic heterocycles. The zero-order valence-electron chi connectivity index (χ0n) is 15.1. The summed E-state index contributed by atoms with van der Waals surface area (Å²) in [6.45, 7) is 0.118. The number of aromatic nitrogens is 1. The minimum Gasteiger partial charge on any atom is -0.469 e. The lowest BCUT2D eigenvalue weighted by molar-refractivity contribution is -0.140. The molecule has 2 rings (SSSR count). The number of hydrogen-bond acceptors (Lipinski definition) is 5. The topological polar surface area (TPSA) is 94.5 Å². The normalized spacial score (nSPS) is 11.4. The van der Waals surface area contributed by atoms with Crippen molar-refractivity contribution in [2.75, 3.05) is 13.7 Å². The second-order valence-corrected chi connectivity index (χ2v) is 7.64. The number of carbonyl (C=O) groups is 2. The zero-order valence-corrected chi connectivity index (χ0v) is 15.9. The third kappa shape index (κ3) is 5.48. The van der Waals surface area contributed by atoms with Crippen LogP contribution < -0.4 is 4.72 Å². The summed E-state index contributed by atoms with van der Waals surface area (Å²) in [5, 5.41) is 0. The average Bonchev–Trinajstić information content (AvgIpc) is 3.00. The molecule has 27 heavy (non-hydrogen) atoms. The Morgan fingerprint density at radius 1 is 1.11 bits per heavy atom. The molecule has 0 bridgehead atoms. The van der Waals surface area contributed by atoms with Crippen LogP contribution in [-0.2, 0) is 33.0 Å². The Morgan fingerprint density at radius 2 is 1.78 bits per heavy atom. The fourth-order valence-corrected chi connectivity index (χ4v) is 3.57. The summed E-state index contributed by atoms with van der Waals surface area (Å²) >= 11 is 0. The Kier molecular flexibility index (Phi) is 6.86. The molecular formula is C18H21FN2O5S. The Morgan fingerprint density at radius 3 is 2.41 bits per heavy atom. The maximum atomic E-state index is 12.9. The van der Waals surface area contributed by atoms with E-state index in [2.05, 4.69) is 9.46 Å². The summed E-state index contributed by atoms with van der Waals surface area (Å²) < 4.78 is 45.9. The Labute approximate surface area is 157 Å². The lowest BCUT2D eigenvalue weighted by Gasteiger charge is -2.09. The van der Waals surface area contributed by atoms with Crippen molar-refractivity contribution in [3.8, 4) is 0 Å². The predicted octanol–water partition coefficient (Wildman–Crippen LogP) is 1.82. The second kappa shape index (κ2) is 8.92. The van der Waals surface area contributed by atoms with Gasteiger partial charge in [0.25, 0.3) is 0 Å². The number of halogens is 1. The monoisotopic (exact) mass is 396 g/mol. The van der Waals surface area contributed by atoms with Crippen LogP contribution in [0.5, 0.6) is 0 Å². The molecule has 0 fully saturated rings. The van der Waals surface area contributed by atoms with Crippen LogP contribution in [0.2, 0.25) is 0 Å². The van der Waals surface area contributed by atoms with Crippen LogP contribution in [0.3, 0.4) is 0 Å². The number of ether oxygens (including phenoxy) is 1. The summed E-state index contributed by atoms with van der Waals surface area (Å²) in [6.07, 6.45) is 0.412. The predicted molar refractivity (Wildman–Crippen MR) is 96.3 cm³/mol. The smallest absolute Gasteiger partial charge is 0.305 e. The molecule has 2 aromatic rings. The van der Waals surface area contributed by atoms with Crippen LogP contribution in [0.25, 0.3) is 0 Å². The molecule has 9 heteroatoms. The quantitative estimate of drug-likeness (QED) is 0.515. The molecule has 0 radical (unpaired) electrons. The molecule has 7 nitrogen and oxygen atoms in total. The highest BCUT2D eigenvalue weighted by Gasteiger charge is 2.16. The maximum absolute atomic E-state index is 12.9. The first-order chi connectivity index (χ1) is 12.7. The van der Waals surface area contributed by atoms with E-state index in [-0.39, 0.29) is 30.1 Å². The van der Waals surface area contributed by atoms with E-state index < -0.39 is 21.8 Å². The summed E-state index contributed by atoms with van der Waals surface area (Å²) in [6, 6.07) is 7.92. The van der Waals surface area contributed by atoms with Crippen molar-refractivity contribution >= 4 is 21.8 Å². The number of nitrogens with zero attached hydrogens (tertiary/aromatic N) is 1. The Balaban J connectivity index is 1.95. The highest BCUT2D eigenvalue weighted by molar-refractivity contribution is 7.89. The highest BCUT2D eigenvalue weighted by Crippen LogP contribution is 2.13. The van der Waals surface area contributed by atoms with Gasteiger partial charge in [0.2, 0.25) is 10.0 Å². The van der Waals surface area contributed by atoms with Crippen LogP contribution in [0, 0.1) is 5.82 Å². The fraction of sp³-hybridized carbons (Fsp3) is 0.333.